The molecule has 7 heteroatoms. The molecule has 2 heterocycles. The van der Waals surface area contributed by atoms with Gasteiger partial charge in [0.15, 0.2) is 6.10 Å². The summed E-state index contributed by atoms with van der Waals surface area (Å²) in [7, 11) is 1.52. The Balaban J connectivity index is 1.75. The summed E-state index contributed by atoms with van der Waals surface area (Å²) in [6.07, 6.45) is -0.801. The Morgan fingerprint density at radius 3 is 2.81 bits per heavy atom. The van der Waals surface area contributed by atoms with E-state index in [0.717, 1.165) is 0 Å². The molecular weight excluding hydrogens is 355 g/mol. The number of rotatable bonds is 2. The van der Waals surface area contributed by atoms with Gasteiger partial charge in [-0.15, -0.1) is 11.3 Å². The summed E-state index contributed by atoms with van der Waals surface area (Å²) in [6.45, 7) is 0.0895. The fourth-order valence-corrected chi connectivity index (χ4v) is 4.01. The number of nitrogens with zero attached hydrogens (tertiary/aromatic N) is 1. The number of halogens is 1. The molecule has 0 aliphatic carbocycles. The molecular formula is C19H15FN2O3S. The van der Waals surface area contributed by atoms with Crippen molar-refractivity contribution in [2.45, 2.75) is 6.10 Å². The maximum atomic E-state index is 14.0. The van der Waals surface area contributed by atoms with Gasteiger partial charge in [-0.2, -0.15) is 0 Å². The standard InChI is InChI=1S/C19H15FN2O3S/c1-21-18(23)15-10-22(13-6-2-3-7-14(13)25-15)19(24)17-9-11-12(20)5-4-8-16(11)26-17/h2-9,15H,10H2,1H3,(H,21,23). The number of nitrogens with one attached hydrogen (secondary N) is 1. The average molecular weight is 370 g/mol. The summed E-state index contributed by atoms with van der Waals surface area (Å²) in [5.41, 5.74) is 0.593. The second-order valence-electron chi connectivity index (χ2n) is 5.87. The van der Waals surface area contributed by atoms with E-state index in [9.17, 15) is 14.0 Å². The summed E-state index contributed by atoms with van der Waals surface area (Å²) in [6, 6.07) is 13.4. The van der Waals surface area contributed by atoms with Gasteiger partial charge in [-0.25, -0.2) is 4.39 Å². The molecule has 1 aliphatic rings. The van der Waals surface area contributed by atoms with Crippen LogP contribution in [0.3, 0.4) is 0 Å². The number of benzene rings is 2. The summed E-state index contributed by atoms with van der Waals surface area (Å²) in [5, 5.41) is 2.97. The van der Waals surface area contributed by atoms with Gasteiger partial charge in [-0.1, -0.05) is 18.2 Å². The summed E-state index contributed by atoms with van der Waals surface area (Å²) in [4.78, 5) is 27.1. The molecule has 5 nitrogen and oxygen atoms in total. The van der Waals surface area contributed by atoms with Crippen LogP contribution in [0.15, 0.2) is 48.5 Å². The first-order chi connectivity index (χ1) is 12.6. The summed E-state index contributed by atoms with van der Waals surface area (Å²) < 4.78 is 20.4. The van der Waals surface area contributed by atoms with Crippen LogP contribution in [0, 0.1) is 5.82 Å². The number of hydrogen-bond acceptors (Lipinski definition) is 4. The lowest BCUT2D eigenvalue weighted by atomic mass is 10.1. The normalized spacial score (nSPS) is 16.1. The van der Waals surface area contributed by atoms with Gasteiger partial charge in [0.25, 0.3) is 11.8 Å². The predicted molar refractivity (Wildman–Crippen MR) is 98.4 cm³/mol. The van der Waals surface area contributed by atoms with Crippen LogP contribution in [0.4, 0.5) is 10.1 Å². The van der Waals surface area contributed by atoms with Gasteiger partial charge in [-0.05, 0) is 30.3 Å². The second kappa shape index (κ2) is 6.42. The topological polar surface area (TPSA) is 58.6 Å². The van der Waals surface area contributed by atoms with Crippen molar-refractivity contribution in [3.05, 3.63) is 59.2 Å². The van der Waals surface area contributed by atoms with Crippen molar-refractivity contribution in [2.24, 2.45) is 0 Å². The van der Waals surface area contributed by atoms with Crippen molar-refractivity contribution in [1.29, 1.82) is 0 Å². The molecule has 0 fully saturated rings. The molecule has 3 aromatic rings. The number of thiophene rings is 1. The minimum absolute atomic E-state index is 0.0895. The number of anilines is 1. The number of hydrogen-bond donors (Lipinski definition) is 1. The predicted octanol–water partition coefficient (Wildman–Crippen LogP) is 3.19. The van der Waals surface area contributed by atoms with Crippen molar-refractivity contribution in [2.75, 3.05) is 18.5 Å². The van der Waals surface area contributed by atoms with Crippen LogP contribution in [0.5, 0.6) is 5.75 Å². The van der Waals surface area contributed by atoms with Crippen molar-refractivity contribution in [3.63, 3.8) is 0 Å². The highest BCUT2D eigenvalue weighted by Crippen LogP contribution is 2.36. The zero-order chi connectivity index (χ0) is 18.3. The Morgan fingerprint density at radius 2 is 2.04 bits per heavy atom. The Kier molecular flexibility index (Phi) is 4.08. The molecule has 0 saturated carbocycles. The quantitative estimate of drug-likeness (QED) is 0.754. The van der Waals surface area contributed by atoms with Gasteiger partial charge in [-0.3, -0.25) is 14.5 Å². The third-order valence-electron chi connectivity index (χ3n) is 4.28. The van der Waals surface area contributed by atoms with Crippen molar-refractivity contribution in [1.82, 2.24) is 5.32 Å². The van der Waals surface area contributed by atoms with Crippen molar-refractivity contribution >= 4 is 38.9 Å². The molecule has 132 valence electrons. The first-order valence-electron chi connectivity index (χ1n) is 8.05. The van der Waals surface area contributed by atoms with E-state index in [1.165, 1.54) is 29.4 Å². The first kappa shape index (κ1) is 16.5. The van der Waals surface area contributed by atoms with Crippen LogP contribution >= 0.6 is 11.3 Å². The minimum Gasteiger partial charge on any atom is -0.477 e. The number of para-hydroxylation sites is 2. The van der Waals surface area contributed by atoms with E-state index in [4.69, 9.17) is 4.74 Å². The minimum atomic E-state index is -0.801. The lowest BCUT2D eigenvalue weighted by Gasteiger charge is -2.33. The van der Waals surface area contributed by atoms with E-state index in [-0.39, 0.29) is 24.2 Å². The molecule has 2 aromatic carbocycles. The lowest BCUT2D eigenvalue weighted by Crippen LogP contribution is -2.50. The molecule has 1 atom stereocenters. The van der Waals surface area contributed by atoms with Gasteiger partial charge < -0.3 is 10.1 Å². The summed E-state index contributed by atoms with van der Waals surface area (Å²) >= 11 is 1.23. The SMILES string of the molecule is CNC(=O)C1CN(C(=O)c2cc3c(F)cccc3s2)c2ccccc2O1. The fourth-order valence-electron chi connectivity index (χ4n) is 2.99. The highest BCUT2D eigenvalue weighted by atomic mass is 32.1. The smallest absolute Gasteiger partial charge is 0.268 e. The molecule has 1 aliphatic heterocycles. The van der Waals surface area contributed by atoms with Crippen LogP contribution < -0.4 is 15.0 Å². The zero-order valence-electron chi connectivity index (χ0n) is 13.9. The lowest BCUT2D eigenvalue weighted by molar-refractivity contribution is -0.127. The van der Waals surface area contributed by atoms with Crippen LogP contribution in [-0.4, -0.2) is 31.5 Å². The maximum Gasteiger partial charge on any atom is 0.268 e. The summed E-state index contributed by atoms with van der Waals surface area (Å²) in [5.74, 6) is -0.480. The number of amides is 2. The maximum absolute atomic E-state index is 14.0. The number of carbonyl (C=O) groups is 2. The van der Waals surface area contributed by atoms with Crippen molar-refractivity contribution in [3.8, 4) is 5.75 Å². The monoisotopic (exact) mass is 370 g/mol. The third kappa shape index (κ3) is 2.70. The van der Waals surface area contributed by atoms with Gasteiger partial charge in [0, 0.05) is 17.1 Å². The van der Waals surface area contributed by atoms with Crippen LogP contribution in [0.1, 0.15) is 9.67 Å². The molecule has 26 heavy (non-hydrogen) atoms. The fraction of sp³-hybridized carbons (Fsp3) is 0.158. The molecule has 1 unspecified atom stereocenters. The van der Waals surface area contributed by atoms with Gasteiger partial charge >= 0.3 is 0 Å². The molecule has 0 saturated heterocycles. The zero-order valence-corrected chi connectivity index (χ0v) is 14.7. The van der Waals surface area contributed by atoms with E-state index in [1.54, 1.807) is 42.5 Å². The van der Waals surface area contributed by atoms with Gasteiger partial charge in [0.2, 0.25) is 0 Å². The Hall–Kier alpha value is -2.93. The molecule has 0 spiro atoms. The van der Waals surface area contributed by atoms with Crippen LogP contribution in [0.2, 0.25) is 0 Å². The van der Waals surface area contributed by atoms with E-state index in [2.05, 4.69) is 5.32 Å². The Bertz CT molecular complexity index is 1020. The molecule has 1 N–H and O–H groups in total. The second-order valence-corrected chi connectivity index (χ2v) is 6.95. The highest BCUT2D eigenvalue weighted by molar-refractivity contribution is 7.20. The number of ether oxygens (including phenoxy) is 1. The molecule has 0 radical (unpaired) electrons. The number of fused-ring (bicyclic) bond motifs is 2. The first-order valence-corrected chi connectivity index (χ1v) is 8.87. The molecule has 0 bridgehead atoms. The third-order valence-corrected chi connectivity index (χ3v) is 5.36. The van der Waals surface area contributed by atoms with E-state index >= 15 is 0 Å². The van der Waals surface area contributed by atoms with Crippen LogP contribution in [-0.2, 0) is 4.79 Å². The van der Waals surface area contributed by atoms with Crippen molar-refractivity contribution < 1.29 is 18.7 Å². The Morgan fingerprint density at radius 1 is 1.23 bits per heavy atom. The van der Waals surface area contributed by atoms with E-state index in [1.807, 2.05) is 0 Å². The molecule has 1 aromatic heterocycles. The number of likely N-dealkylation sites (N-methyl/N-ethyl adjacent to an activating group) is 1. The van der Waals surface area contributed by atoms with E-state index in [0.29, 0.717) is 26.4 Å². The van der Waals surface area contributed by atoms with Crippen LogP contribution in [0.25, 0.3) is 10.1 Å². The Labute approximate surface area is 153 Å². The van der Waals surface area contributed by atoms with E-state index < -0.39 is 6.10 Å². The largest absolute Gasteiger partial charge is 0.477 e. The highest BCUT2D eigenvalue weighted by Gasteiger charge is 2.34. The number of carbonyl (C=O) groups excluding carboxylic acids is 2. The average Bonchev–Trinajstić information content (AvgIpc) is 3.11. The molecule has 4 rings (SSSR count). The van der Waals surface area contributed by atoms with Gasteiger partial charge in [0.1, 0.15) is 11.6 Å². The molecule has 2 amide bonds. The van der Waals surface area contributed by atoms with Gasteiger partial charge in [0.05, 0.1) is 17.1 Å².